The molecule has 0 aromatic heterocycles. The number of esters is 2. The standard InChI is InChI=1S/C13H24O4S2/c1-9(7-18)11(14)16-6-5-13(3,4)17-12(15)10(2)8-19/h9-10,18-19H,5-8H2,1-4H3. The van der Waals surface area contributed by atoms with Gasteiger partial charge in [0.05, 0.1) is 18.4 Å². The van der Waals surface area contributed by atoms with Crippen molar-refractivity contribution in [1.29, 1.82) is 0 Å². The summed E-state index contributed by atoms with van der Waals surface area (Å²) in [5.74, 6) is -0.122. The van der Waals surface area contributed by atoms with Gasteiger partial charge in [0, 0.05) is 17.9 Å². The molecule has 2 unspecified atom stereocenters. The van der Waals surface area contributed by atoms with E-state index in [4.69, 9.17) is 9.47 Å². The van der Waals surface area contributed by atoms with Crippen molar-refractivity contribution in [1.82, 2.24) is 0 Å². The van der Waals surface area contributed by atoms with E-state index in [1.807, 2.05) is 0 Å². The molecule has 0 saturated carbocycles. The lowest BCUT2D eigenvalue weighted by Crippen LogP contribution is -2.33. The third kappa shape index (κ3) is 7.72. The summed E-state index contributed by atoms with van der Waals surface area (Å²) in [5, 5.41) is 0. The normalized spacial score (nSPS) is 14.6. The predicted octanol–water partition coefficient (Wildman–Crippen LogP) is 2.37. The number of carbonyl (C=O) groups is 2. The Kier molecular flexibility index (Phi) is 8.57. The fraction of sp³-hybridized carbons (Fsp3) is 0.846. The number of ether oxygens (including phenoxy) is 2. The van der Waals surface area contributed by atoms with Crippen molar-refractivity contribution in [2.45, 2.75) is 39.7 Å². The van der Waals surface area contributed by atoms with Gasteiger partial charge in [0.1, 0.15) is 5.60 Å². The van der Waals surface area contributed by atoms with Gasteiger partial charge in [-0.1, -0.05) is 13.8 Å². The fourth-order valence-corrected chi connectivity index (χ4v) is 1.41. The van der Waals surface area contributed by atoms with Crippen molar-refractivity contribution < 1.29 is 19.1 Å². The minimum absolute atomic E-state index is 0.224. The SMILES string of the molecule is CC(CS)C(=O)OCCC(C)(C)OC(=O)C(C)CS. The first-order valence-electron chi connectivity index (χ1n) is 6.34. The summed E-state index contributed by atoms with van der Waals surface area (Å²) in [6, 6.07) is 0. The van der Waals surface area contributed by atoms with Gasteiger partial charge in [0.2, 0.25) is 0 Å². The molecule has 0 heterocycles. The molecule has 19 heavy (non-hydrogen) atoms. The van der Waals surface area contributed by atoms with E-state index in [0.29, 0.717) is 17.9 Å². The van der Waals surface area contributed by atoms with Gasteiger partial charge < -0.3 is 9.47 Å². The van der Waals surface area contributed by atoms with E-state index in [1.54, 1.807) is 27.7 Å². The first-order chi connectivity index (χ1) is 8.73. The predicted molar refractivity (Wildman–Crippen MR) is 81.8 cm³/mol. The summed E-state index contributed by atoms with van der Waals surface area (Å²) in [5.41, 5.74) is -0.654. The average molecular weight is 308 g/mol. The van der Waals surface area contributed by atoms with Crippen LogP contribution in [0.5, 0.6) is 0 Å². The van der Waals surface area contributed by atoms with Crippen molar-refractivity contribution in [3.05, 3.63) is 0 Å². The molecule has 0 spiro atoms. The Morgan fingerprint density at radius 1 is 1.05 bits per heavy atom. The molecule has 0 N–H and O–H groups in total. The van der Waals surface area contributed by atoms with Gasteiger partial charge >= 0.3 is 11.9 Å². The molecule has 2 atom stereocenters. The van der Waals surface area contributed by atoms with E-state index >= 15 is 0 Å². The van der Waals surface area contributed by atoms with Crippen LogP contribution in [0.25, 0.3) is 0 Å². The van der Waals surface area contributed by atoms with Gasteiger partial charge in [-0.2, -0.15) is 25.3 Å². The van der Waals surface area contributed by atoms with Crippen molar-refractivity contribution >= 4 is 37.2 Å². The van der Waals surface area contributed by atoms with Gasteiger partial charge in [-0.25, -0.2) is 0 Å². The Balaban J connectivity index is 4.10. The van der Waals surface area contributed by atoms with Crippen LogP contribution < -0.4 is 0 Å². The molecular formula is C13H24O4S2. The smallest absolute Gasteiger partial charge is 0.310 e. The molecule has 0 bridgehead atoms. The van der Waals surface area contributed by atoms with Crippen LogP contribution in [0.4, 0.5) is 0 Å². The van der Waals surface area contributed by atoms with Gasteiger partial charge in [0.25, 0.3) is 0 Å². The highest BCUT2D eigenvalue weighted by molar-refractivity contribution is 7.80. The number of rotatable bonds is 8. The van der Waals surface area contributed by atoms with Crippen molar-refractivity contribution in [3.63, 3.8) is 0 Å². The summed E-state index contributed by atoms with van der Waals surface area (Å²) < 4.78 is 10.5. The lowest BCUT2D eigenvalue weighted by Gasteiger charge is -2.26. The maximum Gasteiger partial charge on any atom is 0.310 e. The minimum atomic E-state index is -0.654. The largest absolute Gasteiger partial charge is 0.465 e. The second-order valence-electron chi connectivity index (χ2n) is 5.27. The van der Waals surface area contributed by atoms with Gasteiger partial charge in [-0.3, -0.25) is 9.59 Å². The zero-order chi connectivity index (χ0) is 15.1. The van der Waals surface area contributed by atoms with E-state index in [2.05, 4.69) is 25.3 Å². The van der Waals surface area contributed by atoms with Gasteiger partial charge in [0.15, 0.2) is 0 Å². The monoisotopic (exact) mass is 308 g/mol. The first-order valence-corrected chi connectivity index (χ1v) is 7.61. The summed E-state index contributed by atoms with van der Waals surface area (Å²) >= 11 is 8.09. The molecular weight excluding hydrogens is 284 g/mol. The first kappa shape index (κ1) is 18.6. The summed E-state index contributed by atoms with van der Waals surface area (Å²) in [7, 11) is 0. The second-order valence-corrected chi connectivity index (χ2v) is 6.00. The number of hydrogen-bond donors (Lipinski definition) is 2. The Hall–Kier alpha value is -0.360. The summed E-state index contributed by atoms with van der Waals surface area (Å²) in [6.07, 6.45) is 0.461. The molecule has 0 aromatic rings. The molecule has 112 valence electrons. The summed E-state index contributed by atoms with van der Waals surface area (Å²) in [4.78, 5) is 23.1. The Morgan fingerprint density at radius 3 is 2.00 bits per heavy atom. The highest BCUT2D eigenvalue weighted by atomic mass is 32.1. The lowest BCUT2D eigenvalue weighted by molar-refractivity contribution is -0.162. The molecule has 6 heteroatoms. The van der Waals surface area contributed by atoms with Crippen LogP contribution in [0.3, 0.4) is 0 Å². The van der Waals surface area contributed by atoms with E-state index in [1.165, 1.54) is 0 Å². The molecule has 0 aromatic carbocycles. The molecule has 4 nitrogen and oxygen atoms in total. The maximum atomic E-state index is 11.7. The molecule has 0 rings (SSSR count). The highest BCUT2D eigenvalue weighted by Gasteiger charge is 2.26. The number of hydrogen-bond acceptors (Lipinski definition) is 6. The van der Waals surface area contributed by atoms with Crippen LogP contribution in [0, 0.1) is 11.8 Å². The van der Waals surface area contributed by atoms with E-state index in [9.17, 15) is 9.59 Å². The fourth-order valence-electron chi connectivity index (χ4n) is 1.11. The van der Waals surface area contributed by atoms with Crippen molar-refractivity contribution in [3.8, 4) is 0 Å². The zero-order valence-electron chi connectivity index (χ0n) is 12.0. The summed E-state index contributed by atoms with van der Waals surface area (Å²) in [6.45, 7) is 7.35. The molecule has 0 radical (unpaired) electrons. The van der Waals surface area contributed by atoms with E-state index in [-0.39, 0.29) is 30.4 Å². The topological polar surface area (TPSA) is 52.6 Å². The molecule has 0 amide bonds. The number of thiol groups is 2. The maximum absolute atomic E-state index is 11.7. The zero-order valence-corrected chi connectivity index (χ0v) is 13.8. The van der Waals surface area contributed by atoms with Crippen LogP contribution >= 0.6 is 25.3 Å². The minimum Gasteiger partial charge on any atom is -0.465 e. The third-order valence-corrected chi connectivity index (χ3v) is 3.77. The number of carbonyl (C=O) groups excluding carboxylic acids is 2. The molecule has 0 aliphatic carbocycles. The van der Waals surface area contributed by atoms with Gasteiger partial charge in [-0.05, 0) is 13.8 Å². The lowest BCUT2D eigenvalue weighted by atomic mass is 10.1. The van der Waals surface area contributed by atoms with E-state index < -0.39 is 5.60 Å². The van der Waals surface area contributed by atoms with Crippen LogP contribution in [-0.2, 0) is 19.1 Å². The second kappa shape index (κ2) is 8.74. The van der Waals surface area contributed by atoms with Crippen LogP contribution in [0.1, 0.15) is 34.1 Å². The molecule has 0 aliphatic rings. The van der Waals surface area contributed by atoms with E-state index in [0.717, 1.165) is 0 Å². The molecule has 0 saturated heterocycles. The van der Waals surface area contributed by atoms with Crippen molar-refractivity contribution in [2.75, 3.05) is 18.1 Å². The Bertz CT molecular complexity index is 305. The van der Waals surface area contributed by atoms with Crippen LogP contribution in [0.15, 0.2) is 0 Å². The van der Waals surface area contributed by atoms with Crippen molar-refractivity contribution in [2.24, 2.45) is 11.8 Å². The van der Waals surface area contributed by atoms with Gasteiger partial charge in [-0.15, -0.1) is 0 Å². The Labute approximate surface area is 126 Å². The third-order valence-electron chi connectivity index (χ3n) is 2.68. The average Bonchev–Trinajstić information content (AvgIpc) is 2.35. The molecule has 0 aliphatic heterocycles. The molecule has 0 fully saturated rings. The Morgan fingerprint density at radius 2 is 1.53 bits per heavy atom. The van der Waals surface area contributed by atoms with Crippen LogP contribution in [0.2, 0.25) is 0 Å². The highest BCUT2D eigenvalue weighted by Crippen LogP contribution is 2.18. The van der Waals surface area contributed by atoms with Crippen LogP contribution in [-0.4, -0.2) is 35.7 Å². The quantitative estimate of drug-likeness (QED) is 0.534.